The van der Waals surface area contributed by atoms with Crippen molar-refractivity contribution in [3.63, 3.8) is 0 Å². The smallest absolute Gasteiger partial charge is 0.405 e. The first-order valence-corrected chi connectivity index (χ1v) is 6.16. The van der Waals surface area contributed by atoms with E-state index in [1.165, 1.54) is 0 Å². The zero-order valence-electron chi connectivity index (χ0n) is 10.7. The number of nitrogens with one attached hydrogen (secondary N) is 2. The van der Waals surface area contributed by atoms with E-state index in [0.29, 0.717) is 12.8 Å². The molecule has 104 valence electrons. The van der Waals surface area contributed by atoms with Crippen molar-refractivity contribution in [3.8, 4) is 6.07 Å². The standard InChI is InChI=1S/C13H14N4O3/c14-8-13(3-4-13)17-11(18)10(16-12(19)20)7-9-1-5-15-6-2-9/h1-2,5-6,10,16H,3-4,7H2,(H,17,18)(H,19,20). The Morgan fingerprint density at radius 1 is 1.45 bits per heavy atom. The molecular formula is C13H14N4O3. The maximum atomic E-state index is 12.1. The normalized spacial score (nSPS) is 16.6. The van der Waals surface area contributed by atoms with Gasteiger partial charge in [0.25, 0.3) is 0 Å². The van der Waals surface area contributed by atoms with Gasteiger partial charge in [0.2, 0.25) is 5.91 Å². The van der Waals surface area contributed by atoms with E-state index >= 15 is 0 Å². The lowest BCUT2D eigenvalue weighted by atomic mass is 10.1. The van der Waals surface area contributed by atoms with Crippen LogP contribution in [0.15, 0.2) is 24.5 Å². The first-order chi connectivity index (χ1) is 9.54. The summed E-state index contributed by atoms with van der Waals surface area (Å²) in [7, 11) is 0. The second kappa shape index (κ2) is 5.57. The number of carboxylic acid groups (broad SMARTS) is 1. The molecule has 2 amide bonds. The van der Waals surface area contributed by atoms with Crippen LogP contribution in [0.4, 0.5) is 4.79 Å². The molecule has 2 rings (SSSR count). The molecule has 1 aromatic rings. The molecule has 1 aromatic heterocycles. The third-order valence-electron chi connectivity index (χ3n) is 3.13. The van der Waals surface area contributed by atoms with Crippen molar-refractivity contribution in [2.75, 3.05) is 0 Å². The first-order valence-electron chi connectivity index (χ1n) is 6.16. The van der Waals surface area contributed by atoms with E-state index in [1.54, 1.807) is 24.5 Å². The molecule has 1 fully saturated rings. The number of rotatable bonds is 5. The molecule has 1 unspecified atom stereocenters. The Balaban J connectivity index is 2.05. The summed E-state index contributed by atoms with van der Waals surface area (Å²) in [4.78, 5) is 26.7. The van der Waals surface area contributed by atoms with E-state index in [2.05, 4.69) is 15.6 Å². The molecule has 0 spiro atoms. The molecule has 1 aliphatic rings. The number of carbonyl (C=O) groups is 2. The second-order valence-corrected chi connectivity index (χ2v) is 4.74. The molecule has 3 N–H and O–H groups in total. The van der Waals surface area contributed by atoms with Crippen molar-refractivity contribution < 1.29 is 14.7 Å². The first kappa shape index (κ1) is 13.8. The van der Waals surface area contributed by atoms with Gasteiger partial charge in [0.05, 0.1) is 6.07 Å². The molecule has 7 nitrogen and oxygen atoms in total. The van der Waals surface area contributed by atoms with Gasteiger partial charge in [-0.2, -0.15) is 5.26 Å². The molecule has 0 aromatic carbocycles. The average molecular weight is 274 g/mol. The quantitative estimate of drug-likeness (QED) is 0.720. The number of pyridine rings is 1. The zero-order chi connectivity index (χ0) is 14.6. The fourth-order valence-corrected chi connectivity index (χ4v) is 1.83. The van der Waals surface area contributed by atoms with E-state index in [0.717, 1.165) is 5.56 Å². The monoisotopic (exact) mass is 274 g/mol. The maximum Gasteiger partial charge on any atom is 0.405 e. The van der Waals surface area contributed by atoms with Gasteiger partial charge in [-0.3, -0.25) is 9.78 Å². The van der Waals surface area contributed by atoms with Gasteiger partial charge in [0.1, 0.15) is 11.6 Å². The highest BCUT2D eigenvalue weighted by Crippen LogP contribution is 2.34. The number of carbonyl (C=O) groups excluding carboxylic acids is 1. The van der Waals surface area contributed by atoms with Crippen molar-refractivity contribution in [1.82, 2.24) is 15.6 Å². The number of hydrogen-bond donors (Lipinski definition) is 3. The van der Waals surface area contributed by atoms with Crippen molar-refractivity contribution in [2.45, 2.75) is 30.8 Å². The minimum Gasteiger partial charge on any atom is -0.465 e. The highest BCUT2D eigenvalue weighted by Gasteiger charge is 2.45. The van der Waals surface area contributed by atoms with Gasteiger partial charge >= 0.3 is 6.09 Å². The van der Waals surface area contributed by atoms with Crippen LogP contribution in [-0.2, 0) is 11.2 Å². The Bertz CT molecular complexity index is 548. The summed E-state index contributed by atoms with van der Waals surface area (Å²) >= 11 is 0. The maximum absolute atomic E-state index is 12.1. The molecule has 1 saturated carbocycles. The van der Waals surface area contributed by atoms with Crippen LogP contribution in [0.2, 0.25) is 0 Å². The lowest BCUT2D eigenvalue weighted by Crippen LogP contribution is -2.51. The van der Waals surface area contributed by atoms with E-state index in [4.69, 9.17) is 10.4 Å². The molecule has 1 heterocycles. The van der Waals surface area contributed by atoms with Crippen LogP contribution >= 0.6 is 0 Å². The van der Waals surface area contributed by atoms with Gasteiger partial charge in [-0.25, -0.2) is 4.79 Å². The minimum absolute atomic E-state index is 0.210. The molecule has 0 radical (unpaired) electrons. The van der Waals surface area contributed by atoms with E-state index in [1.807, 2.05) is 6.07 Å². The van der Waals surface area contributed by atoms with Crippen LogP contribution in [0.25, 0.3) is 0 Å². The van der Waals surface area contributed by atoms with Gasteiger partial charge < -0.3 is 15.7 Å². The summed E-state index contributed by atoms with van der Waals surface area (Å²) in [5.41, 5.74) is -0.0241. The molecule has 1 atom stereocenters. The highest BCUT2D eigenvalue weighted by molar-refractivity contribution is 5.86. The van der Waals surface area contributed by atoms with Crippen LogP contribution < -0.4 is 10.6 Å². The summed E-state index contributed by atoms with van der Waals surface area (Å²) in [6, 6.07) is 4.53. The molecular weight excluding hydrogens is 260 g/mol. The summed E-state index contributed by atoms with van der Waals surface area (Å²) in [6.45, 7) is 0. The zero-order valence-corrected chi connectivity index (χ0v) is 10.7. The third kappa shape index (κ3) is 3.45. The lowest BCUT2D eigenvalue weighted by Gasteiger charge is -2.18. The Kier molecular flexibility index (Phi) is 3.84. The highest BCUT2D eigenvalue weighted by atomic mass is 16.4. The van der Waals surface area contributed by atoms with Crippen molar-refractivity contribution in [2.24, 2.45) is 0 Å². The molecule has 1 aliphatic carbocycles. The van der Waals surface area contributed by atoms with Gasteiger partial charge in [-0.15, -0.1) is 0 Å². The second-order valence-electron chi connectivity index (χ2n) is 4.74. The molecule has 0 saturated heterocycles. The van der Waals surface area contributed by atoms with Crippen LogP contribution in [0.3, 0.4) is 0 Å². The van der Waals surface area contributed by atoms with Crippen LogP contribution in [0.5, 0.6) is 0 Å². The number of aromatic nitrogens is 1. The van der Waals surface area contributed by atoms with Gasteiger partial charge in [-0.05, 0) is 30.5 Å². The van der Waals surface area contributed by atoms with Crippen molar-refractivity contribution in [3.05, 3.63) is 30.1 Å². The summed E-state index contributed by atoms with van der Waals surface area (Å²) in [5.74, 6) is -0.483. The number of hydrogen-bond acceptors (Lipinski definition) is 4. The summed E-state index contributed by atoms with van der Waals surface area (Å²) in [6.07, 6.45) is 3.28. The largest absolute Gasteiger partial charge is 0.465 e. The van der Waals surface area contributed by atoms with E-state index in [-0.39, 0.29) is 6.42 Å². The van der Waals surface area contributed by atoms with Crippen LogP contribution in [0.1, 0.15) is 18.4 Å². The Hall–Kier alpha value is -2.62. The fourth-order valence-electron chi connectivity index (χ4n) is 1.83. The van der Waals surface area contributed by atoms with Crippen LogP contribution in [0, 0.1) is 11.3 Å². The third-order valence-corrected chi connectivity index (χ3v) is 3.13. The van der Waals surface area contributed by atoms with Crippen LogP contribution in [-0.4, -0.2) is 33.7 Å². The number of nitrogens with zero attached hydrogens (tertiary/aromatic N) is 2. The molecule has 7 heteroatoms. The average Bonchev–Trinajstić information content (AvgIpc) is 3.19. The van der Waals surface area contributed by atoms with Crippen molar-refractivity contribution in [1.29, 1.82) is 5.26 Å². The molecule has 20 heavy (non-hydrogen) atoms. The Labute approximate surface area is 115 Å². The van der Waals surface area contributed by atoms with Crippen molar-refractivity contribution >= 4 is 12.0 Å². The number of nitriles is 1. The van der Waals surface area contributed by atoms with E-state index in [9.17, 15) is 9.59 Å². The predicted molar refractivity (Wildman–Crippen MR) is 68.6 cm³/mol. The summed E-state index contributed by atoms with van der Waals surface area (Å²) < 4.78 is 0. The molecule has 0 bridgehead atoms. The molecule has 0 aliphatic heterocycles. The topological polar surface area (TPSA) is 115 Å². The van der Waals surface area contributed by atoms with Gasteiger partial charge in [0, 0.05) is 18.8 Å². The van der Waals surface area contributed by atoms with E-state index < -0.39 is 23.6 Å². The predicted octanol–water partition coefficient (Wildman–Crippen LogP) is 0.433. The fraction of sp³-hybridized carbons (Fsp3) is 0.385. The Morgan fingerprint density at radius 2 is 2.10 bits per heavy atom. The SMILES string of the molecule is N#CC1(NC(=O)C(Cc2ccncc2)NC(=O)O)CC1. The van der Waals surface area contributed by atoms with Gasteiger partial charge in [0.15, 0.2) is 0 Å². The Morgan fingerprint density at radius 3 is 2.60 bits per heavy atom. The minimum atomic E-state index is -1.28. The lowest BCUT2D eigenvalue weighted by molar-refractivity contribution is -0.123. The van der Waals surface area contributed by atoms with Gasteiger partial charge in [-0.1, -0.05) is 0 Å². The number of amides is 2. The summed E-state index contributed by atoms with van der Waals surface area (Å²) in [5, 5.41) is 22.5.